The molecule has 3 aromatic rings. The number of Topliss-reactive ketones (excluding diaryl/α,β-unsaturated/α-hetero) is 1. The summed E-state index contributed by atoms with van der Waals surface area (Å²) in [5.74, 6) is -1.74. The van der Waals surface area contributed by atoms with Crippen LogP contribution in [0.25, 0.3) is 0 Å². The van der Waals surface area contributed by atoms with Crippen LogP contribution < -0.4 is 15.2 Å². The van der Waals surface area contributed by atoms with Gasteiger partial charge in [-0.1, -0.05) is 66.7 Å². The lowest BCUT2D eigenvalue weighted by Crippen LogP contribution is -2.50. The Morgan fingerprint density at radius 3 is 2.19 bits per heavy atom. The van der Waals surface area contributed by atoms with Crippen molar-refractivity contribution in [3.63, 3.8) is 0 Å². The van der Waals surface area contributed by atoms with E-state index in [0.717, 1.165) is 5.69 Å². The molecule has 0 radical (unpaired) electrons. The highest BCUT2D eigenvalue weighted by molar-refractivity contribution is 6.21. The summed E-state index contributed by atoms with van der Waals surface area (Å²) < 4.78 is 5.61. The molecule has 0 unspecified atom stereocenters. The second kappa shape index (κ2) is 7.05. The Balaban J connectivity index is 1.60. The SMILES string of the molecule is CN(NC(=O)[C@]12C(=O)Oc3ccccc3[C@H]1[C@]2(C)C(=O)c1ccccc1)c1ccccc1. The van der Waals surface area contributed by atoms with Crippen molar-refractivity contribution in [2.45, 2.75) is 12.8 Å². The second-order valence-corrected chi connectivity index (χ2v) is 8.40. The van der Waals surface area contributed by atoms with Gasteiger partial charge in [0.05, 0.1) is 11.1 Å². The molecule has 3 atom stereocenters. The van der Waals surface area contributed by atoms with Gasteiger partial charge in [0.25, 0.3) is 5.91 Å². The number of hydrogen-bond acceptors (Lipinski definition) is 5. The molecule has 6 heteroatoms. The van der Waals surface area contributed by atoms with E-state index in [0.29, 0.717) is 16.9 Å². The fourth-order valence-corrected chi connectivity index (χ4v) is 5.10. The zero-order valence-electron chi connectivity index (χ0n) is 17.7. The Hall–Kier alpha value is -3.93. The number of ketones is 1. The van der Waals surface area contributed by atoms with Crippen LogP contribution in [0.15, 0.2) is 84.9 Å². The number of esters is 1. The minimum absolute atomic E-state index is 0.255. The summed E-state index contributed by atoms with van der Waals surface area (Å²) in [5.41, 5.74) is 1.77. The highest BCUT2D eigenvalue weighted by Crippen LogP contribution is 2.78. The summed E-state index contributed by atoms with van der Waals surface area (Å²) in [4.78, 5) is 40.8. The molecule has 6 nitrogen and oxygen atoms in total. The van der Waals surface area contributed by atoms with Gasteiger partial charge < -0.3 is 4.74 Å². The second-order valence-electron chi connectivity index (χ2n) is 8.40. The molecule has 1 N–H and O–H groups in total. The van der Waals surface area contributed by atoms with E-state index in [4.69, 9.17) is 4.74 Å². The number of rotatable bonds is 5. The molecule has 1 aliphatic heterocycles. The number of hydrogen-bond donors (Lipinski definition) is 1. The maximum atomic E-state index is 13.7. The number of benzene rings is 3. The topological polar surface area (TPSA) is 75.7 Å². The Labute approximate surface area is 185 Å². The van der Waals surface area contributed by atoms with Crippen LogP contribution in [-0.4, -0.2) is 24.7 Å². The first kappa shape index (κ1) is 20.0. The Kier molecular flexibility index (Phi) is 4.41. The number of fused-ring (bicyclic) bond motifs is 3. The molecular weight excluding hydrogens is 404 g/mol. The molecule has 3 aromatic carbocycles. The van der Waals surface area contributed by atoms with Crippen molar-refractivity contribution < 1.29 is 19.1 Å². The van der Waals surface area contributed by atoms with Crippen LogP contribution in [0.2, 0.25) is 0 Å². The smallest absolute Gasteiger partial charge is 0.328 e. The Morgan fingerprint density at radius 1 is 0.906 bits per heavy atom. The van der Waals surface area contributed by atoms with E-state index >= 15 is 0 Å². The van der Waals surface area contributed by atoms with Crippen LogP contribution in [0.4, 0.5) is 5.69 Å². The fraction of sp³-hybridized carbons (Fsp3) is 0.192. The van der Waals surface area contributed by atoms with Gasteiger partial charge in [-0.2, -0.15) is 0 Å². The number of amides is 1. The van der Waals surface area contributed by atoms with Crippen LogP contribution in [0.5, 0.6) is 5.75 Å². The number of ether oxygens (including phenoxy) is 1. The standard InChI is InChI=1S/C26H22N2O4/c1-25(22(29)17-11-5-3-6-12-17)21-19-15-9-10-16-20(19)32-24(31)26(21,25)23(30)27-28(2)18-13-7-4-8-14-18/h3-16,21H,1-2H3,(H,27,30)/t21-,25+,26-/m0/s1. The molecule has 1 fully saturated rings. The first-order valence-electron chi connectivity index (χ1n) is 10.4. The molecule has 32 heavy (non-hydrogen) atoms. The summed E-state index contributed by atoms with van der Waals surface area (Å²) in [7, 11) is 1.69. The van der Waals surface area contributed by atoms with Crippen molar-refractivity contribution >= 4 is 23.3 Å². The van der Waals surface area contributed by atoms with Crippen LogP contribution >= 0.6 is 0 Å². The van der Waals surface area contributed by atoms with Gasteiger partial charge in [0.15, 0.2) is 11.2 Å². The molecule has 5 rings (SSSR count). The number of carbonyl (C=O) groups excluding carboxylic acids is 3. The Bertz CT molecular complexity index is 1230. The fourth-order valence-electron chi connectivity index (χ4n) is 5.10. The van der Waals surface area contributed by atoms with Gasteiger partial charge >= 0.3 is 5.97 Å². The van der Waals surface area contributed by atoms with Crippen LogP contribution in [0.3, 0.4) is 0 Å². The number of anilines is 1. The van der Waals surface area contributed by atoms with Crippen molar-refractivity contribution in [2.24, 2.45) is 10.8 Å². The predicted octanol–water partition coefficient (Wildman–Crippen LogP) is 3.75. The van der Waals surface area contributed by atoms with Gasteiger partial charge in [-0.15, -0.1) is 0 Å². The van der Waals surface area contributed by atoms with Gasteiger partial charge in [-0.3, -0.25) is 24.8 Å². The molecule has 1 amide bonds. The number of nitrogens with one attached hydrogen (secondary N) is 1. The monoisotopic (exact) mass is 426 g/mol. The van der Waals surface area contributed by atoms with E-state index in [1.54, 1.807) is 55.4 Å². The lowest BCUT2D eigenvalue weighted by atomic mass is 9.86. The average Bonchev–Trinajstić information content (AvgIpc) is 3.43. The quantitative estimate of drug-likeness (QED) is 0.221. The zero-order chi connectivity index (χ0) is 22.5. The van der Waals surface area contributed by atoms with E-state index < -0.39 is 28.6 Å². The zero-order valence-corrected chi connectivity index (χ0v) is 17.7. The van der Waals surface area contributed by atoms with Crippen molar-refractivity contribution in [3.05, 3.63) is 96.1 Å². The normalized spacial score (nSPS) is 25.1. The van der Waals surface area contributed by atoms with E-state index in [1.165, 1.54) is 0 Å². The number of hydrazine groups is 1. The highest BCUT2D eigenvalue weighted by atomic mass is 16.5. The predicted molar refractivity (Wildman–Crippen MR) is 119 cm³/mol. The molecule has 0 bridgehead atoms. The number of para-hydroxylation sites is 2. The van der Waals surface area contributed by atoms with E-state index in [9.17, 15) is 14.4 Å². The van der Waals surface area contributed by atoms with Gasteiger partial charge in [0.1, 0.15) is 5.75 Å². The summed E-state index contributed by atoms with van der Waals surface area (Å²) in [6.07, 6.45) is 0. The maximum Gasteiger partial charge on any atom is 0.328 e. The van der Waals surface area contributed by atoms with E-state index in [1.807, 2.05) is 48.5 Å². The average molecular weight is 426 g/mol. The largest absolute Gasteiger partial charge is 0.425 e. The number of nitrogens with zero attached hydrogens (tertiary/aromatic N) is 1. The maximum absolute atomic E-state index is 13.7. The number of carbonyl (C=O) groups is 3. The molecule has 160 valence electrons. The van der Waals surface area contributed by atoms with Crippen LogP contribution in [-0.2, 0) is 9.59 Å². The van der Waals surface area contributed by atoms with E-state index in [2.05, 4.69) is 5.43 Å². The first-order chi connectivity index (χ1) is 15.4. The third kappa shape index (κ3) is 2.56. The van der Waals surface area contributed by atoms with Crippen molar-refractivity contribution in [1.29, 1.82) is 0 Å². The molecule has 0 saturated heterocycles. The minimum Gasteiger partial charge on any atom is -0.425 e. The summed E-state index contributed by atoms with van der Waals surface area (Å²) in [6, 6.07) is 25.1. The third-order valence-electron chi connectivity index (χ3n) is 6.78. The molecule has 0 aromatic heterocycles. The highest BCUT2D eigenvalue weighted by Gasteiger charge is 2.88. The lowest BCUT2D eigenvalue weighted by Gasteiger charge is -2.27. The Morgan fingerprint density at radius 2 is 1.50 bits per heavy atom. The summed E-state index contributed by atoms with van der Waals surface area (Å²) >= 11 is 0. The molecule has 1 heterocycles. The van der Waals surface area contributed by atoms with Crippen molar-refractivity contribution in [1.82, 2.24) is 5.43 Å². The van der Waals surface area contributed by atoms with E-state index in [-0.39, 0.29) is 5.78 Å². The first-order valence-corrected chi connectivity index (χ1v) is 10.4. The lowest BCUT2D eigenvalue weighted by molar-refractivity contribution is -0.149. The summed E-state index contributed by atoms with van der Waals surface area (Å²) in [5, 5.41) is 1.55. The summed E-state index contributed by atoms with van der Waals surface area (Å²) in [6.45, 7) is 1.69. The minimum atomic E-state index is -1.66. The molecule has 1 saturated carbocycles. The van der Waals surface area contributed by atoms with Gasteiger partial charge in [0.2, 0.25) is 0 Å². The van der Waals surface area contributed by atoms with Gasteiger partial charge in [-0.05, 0) is 25.1 Å². The van der Waals surface area contributed by atoms with Crippen molar-refractivity contribution in [3.8, 4) is 5.75 Å². The molecule has 2 aliphatic rings. The third-order valence-corrected chi connectivity index (χ3v) is 6.78. The molecule has 0 spiro atoms. The van der Waals surface area contributed by atoms with Crippen LogP contribution in [0.1, 0.15) is 28.8 Å². The van der Waals surface area contributed by atoms with Gasteiger partial charge in [0, 0.05) is 24.1 Å². The van der Waals surface area contributed by atoms with Gasteiger partial charge in [-0.25, -0.2) is 0 Å². The van der Waals surface area contributed by atoms with Crippen molar-refractivity contribution in [2.75, 3.05) is 12.1 Å². The molecular formula is C26H22N2O4. The van der Waals surface area contributed by atoms with Crippen LogP contribution in [0, 0.1) is 10.8 Å². The molecule has 1 aliphatic carbocycles.